The number of carbonyl (C=O) groups excluding carboxylic acids is 1. The number of benzene rings is 1. The highest BCUT2D eigenvalue weighted by Crippen LogP contribution is 2.23. The highest BCUT2D eigenvalue weighted by Gasteiger charge is 2.23. The zero-order chi connectivity index (χ0) is 18.4. The lowest BCUT2D eigenvalue weighted by Gasteiger charge is -2.15. The van der Waals surface area contributed by atoms with E-state index < -0.39 is 10.0 Å². The van der Waals surface area contributed by atoms with Gasteiger partial charge in [0, 0.05) is 31.8 Å². The molecule has 2 rings (SSSR count). The van der Waals surface area contributed by atoms with Gasteiger partial charge >= 0.3 is 0 Å². The van der Waals surface area contributed by atoms with Crippen molar-refractivity contribution >= 4 is 33.0 Å². The Morgan fingerprint density at radius 2 is 1.92 bits per heavy atom. The number of ether oxygens (including phenoxy) is 2. The number of carbonyl (C=O) groups is 1. The maximum absolute atomic E-state index is 12.4. The van der Waals surface area contributed by atoms with Gasteiger partial charge < -0.3 is 14.8 Å². The van der Waals surface area contributed by atoms with E-state index in [2.05, 4.69) is 5.32 Å². The largest absolute Gasteiger partial charge is 0.497 e. The minimum Gasteiger partial charge on any atom is -0.497 e. The lowest BCUT2D eigenvalue weighted by molar-refractivity contribution is 0.103. The van der Waals surface area contributed by atoms with Crippen LogP contribution >= 0.6 is 11.3 Å². The van der Waals surface area contributed by atoms with Gasteiger partial charge in [0.15, 0.2) is 0 Å². The quantitative estimate of drug-likeness (QED) is 0.755. The third kappa shape index (κ3) is 4.79. The van der Waals surface area contributed by atoms with Crippen LogP contribution in [0.2, 0.25) is 0 Å². The molecule has 0 radical (unpaired) electrons. The van der Waals surface area contributed by atoms with Crippen LogP contribution in [0.3, 0.4) is 0 Å². The molecule has 1 aromatic heterocycles. The Morgan fingerprint density at radius 3 is 2.52 bits per heavy atom. The average molecular weight is 384 g/mol. The highest BCUT2D eigenvalue weighted by molar-refractivity contribution is 7.89. The first-order valence-electron chi connectivity index (χ1n) is 7.37. The second-order valence-electron chi connectivity index (χ2n) is 5.15. The summed E-state index contributed by atoms with van der Waals surface area (Å²) in [5.74, 6) is 0.317. The predicted molar refractivity (Wildman–Crippen MR) is 97.0 cm³/mol. The molecule has 1 N–H and O–H groups in total. The van der Waals surface area contributed by atoms with Crippen molar-refractivity contribution in [3.05, 3.63) is 40.6 Å². The molecule has 0 unspecified atom stereocenters. The van der Waals surface area contributed by atoms with Crippen LogP contribution in [-0.4, -0.2) is 53.0 Å². The van der Waals surface area contributed by atoms with E-state index in [1.807, 2.05) is 0 Å². The molecule has 2 aromatic rings. The van der Waals surface area contributed by atoms with Gasteiger partial charge in [0.05, 0.1) is 23.5 Å². The lowest BCUT2D eigenvalue weighted by Crippen LogP contribution is -2.29. The molecule has 0 fully saturated rings. The second-order valence-corrected chi connectivity index (χ2v) is 8.10. The van der Waals surface area contributed by atoms with Gasteiger partial charge in [0.2, 0.25) is 10.0 Å². The van der Waals surface area contributed by atoms with Crippen molar-refractivity contribution in [3.8, 4) is 5.75 Å². The number of sulfonamides is 1. The molecule has 1 amide bonds. The standard InChI is InChI=1S/C16H20N2O5S2/c1-18(8-9-22-2)25(20,21)14-10-15(24-11-14)16(19)17-12-4-6-13(23-3)7-5-12/h4-7,10-11H,8-9H2,1-3H3,(H,17,19). The van der Waals surface area contributed by atoms with Gasteiger partial charge in [-0.15, -0.1) is 11.3 Å². The van der Waals surface area contributed by atoms with Crippen LogP contribution in [0.1, 0.15) is 9.67 Å². The normalized spacial score (nSPS) is 11.5. The number of nitrogens with zero attached hydrogens (tertiary/aromatic N) is 1. The summed E-state index contributed by atoms with van der Waals surface area (Å²) in [6.07, 6.45) is 0. The Labute approximate surface area is 151 Å². The van der Waals surface area contributed by atoms with E-state index in [9.17, 15) is 13.2 Å². The molecule has 0 aliphatic rings. The molecule has 1 heterocycles. The second kappa shape index (κ2) is 8.43. The van der Waals surface area contributed by atoms with Gasteiger partial charge in [-0.25, -0.2) is 8.42 Å². The predicted octanol–water partition coefficient (Wildman–Crippen LogP) is 2.28. The molecule has 0 bridgehead atoms. The first kappa shape index (κ1) is 19.4. The van der Waals surface area contributed by atoms with Gasteiger partial charge in [-0.2, -0.15) is 4.31 Å². The molecule has 0 saturated carbocycles. The van der Waals surface area contributed by atoms with Gasteiger partial charge in [-0.05, 0) is 30.3 Å². The number of thiophene rings is 1. The molecule has 1 aromatic carbocycles. The summed E-state index contributed by atoms with van der Waals surface area (Å²) < 4.78 is 36.0. The molecule has 136 valence electrons. The minimum absolute atomic E-state index is 0.0935. The zero-order valence-corrected chi connectivity index (χ0v) is 15.8. The van der Waals surface area contributed by atoms with Crippen LogP contribution in [-0.2, 0) is 14.8 Å². The SMILES string of the molecule is COCCN(C)S(=O)(=O)c1csc(C(=O)Nc2ccc(OC)cc2)c1. The summed E-state index contributed by atoms with van der Waals surface area (Å²) in [4.78, 5) is 12.7. The van der Waals surface area contributed by atoms with E-state index in [1.165, 1.54) is 29.9 Å². The van der Waals surface area contributed by atoms with Crippen LogP contribution in [0.25, 0.3) is 0 Å². The third-order valence-electron chi connectivity index (χ3n) is 3.47. The minimum atomic E-state index is -3.64. The Balaban J connectivity index is 2.10. The maximum atomic E-state index is 12.4. The van der Waals surface area contributed by atoms with Crippen molar-refractivity contribution in [1.29, 1.82) is 0 Å². The highest BCUT2D eigenvalue weighted by atomic mass is 32.2. The Bertz CT molecular complexity index is 815. The smallest absolute Gasteiger partial charge is 0.265 e. The van der Waals surface area contributed by atoms with Crippen molar-refractivity contribution in [1.82, 2.24) is 4.31 Å². The van der Waals surface area contributed by atoms with Gasteiger partial charge in [-0.3, -0.25) is 4.79 Å². The van der Waals surface area contributed by atoms with E-state index >= 15 is 0 Å². The molecule has 0 atom stereocenters. The molecular weight excluding hydrogens is 364 g/mol. The summed E-state index contributed by atoms with van der Waals surface area (Å²) in [6, 6.07) is 8.25. The molecule has 0 saturated heterocycles. The van der Waals surface area contributed by atoms with E-state index in [0.717, 1.165) is 11.3 Å². The van der Waals surface area contributed by atoms with Gasteiger partial charge in [0.1, 0.15) is 5.75 Å². The zero-order valence-electron chi connectivity index (χ0n) is 14.2. The summed E-state index contributed by atoms with van der Waals surface area (Å²) in [7, 11) is 0.904. The van der Waals surface area contributed by atoms with Crippen LogP contribution < -0.4 is 10.1 Å². The first-order chi connectivity index (χ1) is 11.9. The van der Waals surface area contributed by atoms with E-state index in [0.29, 0.717) is 22.9 Å². The van der Waals surface area contributed by atoms with Crippen molar-refractivity contribution in [2.24, 2.45) is 0 Å². The summed E-state index contributed by atoms with van der Waals surface area (Å²) in [5, 5.41) is 4.19. The van der Waals surface area contributed by atoms with Crippen molar-refractivity contribution < 1.29 is 22.7 Å². The van der Waals surface area contributed by atoms with Crippen molar-refractivity contribution in [3.63, 3.8) is 0 Å². The summed E-state index contributed by atoms with van der Waals surface area (Å²) in [5.41, 5.74) is 0.598. The first-order valence-corrected chi connectivity index (χ1v) is 9.69. The number of likely N-dealkylation sites (N-methyl/N-ethyl adjacent to an activating group) is 1. The average Bonchev–Trinajstić information content (AvgIpc) is 3.11. The summed E-state index contributed by atoms with van der Waals surface area (Å²) in [6.45, 7) is 0.534. The van der Waals surface area contributed by atoms with Crippen LogP contribution in [0.15, 0.2) is 40.6 Å². The molecule has 9 heteroatoms. The van der Waals surface area contributed by atoms with E-state index in [-0.39, 0.29) is 17.3 Å². The van der Waals surface area contributed by atoms with E-state index in [4.69, 9.17) is 9.47 Å². The number of hydrogen-bond donors (Lipinski definition) is 1. The number of rotatable bonds is 8. The number of methoxy groups -OCH3 is 2. The van der Waals surface area contributed by atoms with Crippen LogP contribution in [0.5, 0.6) is 5.75 Å². The fourth-order valence-electron chi connectivity index (χ4n) is 1.96. The number of anilines is 1. The van der Waals surface area contributed by atoms with Gasteiger partial charge in [0.25, 0.3) is 5.91 Å². The molecule has 0 spiro atoms. The molecule has 7 nitrogen and oxygen atoms in total. The Morgan fingerprint density at radius 1 is 1.24 bits per heavy atom. The monoisotopic (exact) mass is 384 g/mol. The fraction of sp³-hybridized carbons (Fsp3) is 0.312. The van der Waals surface area contributed by atoms with E-state index in [1.54, 1.807) is 31.4 Å². The number of hydrogen-bond acceptors (Lipinski definition) is 6. The molecule has 25 heavy (non-hydrogen) atoms. The van der Waals surface area contributed by atoms with Crippen molar-refractivity contribution in [2.45, 2.75) is 4.90 Å². The van der Waals surface area contributed by atoms with Crippen molar-refractivity contribution in [2.75, 3.05) is 39.7 Å². The Kier molecular flexibility index (Phi) is 6.54. The topological polar surface area (TPSA) is 84.9 Å². The third-order valence-corrected chi connectivity index (χ3v) is 6.38. The van der Waals surface area contributed by atoms with Crippen LogP contribution in [0, 0.1) is 0 Å². The maximum Gasteiger partial charge on any atom is 0.265 e. The number of amides is 1. The Hall–Kier alpha value is -1.94. The fourth-order valence-corrected chi connectivity index (χ4v) is 4.27. The summed E-state index contributed by atoms with van der Waals surface area (Å²) >= 11 is 1.08. The van der Waals surface area contributed by atoms with Gasteiger partial charge in [-0.1, -0.05) is 0 Å². The molecule has 0 aliphatic heterocycles. The molecule has 0 aliphatic carbocycles. The number of nitrogens with one attached hydrogen (secondary N) is 1. The van der Waals surface area contributed by atoms with Crippen LogP contribution in [0.4, 0.5) is 5.69 Å². The molecular formula is C16H20N2O5S2. The lowest BCUT2D eigenvalue weighted by atomic mass is 10.3.